The first-order chi connectivity index (χ1) is 10.3. The summed E-state index contributed by atoms with van der Waals surface area (Å²) in [6.45, 7) is 4.24. The maximum atomic E-state index is 12.6. The molecule has 122 valence electrons. The van der Waals surface area contributed by atoms with E-state index in [4.69, 9.17) is 0 Å². The Hall–Kier alpha value is -1.40. The van der Waals surface area contributed by atoms with Crippen LogP contribution in [0.1, 0.15) is 43.5 Å². The van der Waals surface area contributed by atoms with E-state index in [9.17, 15) is 13.2 Å². The molecule has 0 heterocycles. The van der Waals surface area contributed by atoms with E-state index in [0.717, 1.165) is 19.3 Å². The van der Waals surface area contributed by atoms with Crippen LogP contribution in [-0.2, 0) is 14.8 Å². The summed E-state index contributed by atoms with van der Waals surface area (Å²) in [4.78, 5) is 11.6. The molecule has 0 unspecified atom stereocenters. The Kier molecular flexibility index (Phi) is 5.24. The standard InChI is InChI=1S/C16H23NO4S/c1-11-6-4-9-15(12(11)2)17-22(19,20)14-8-5-7-13(10-14)16(18)21-3/h5,7-8,10-12,15,17H,4,6,9H2,1-3H3/t11-,12-,15-/m1/s1. The topological polar surface area (TPSA) is 72.5 Å². The molecule has 1 aliphatic carbocycles. The fraction of sp³-hybridized carbons (Fsp3) is 0.562. The van der Waals surface area contributed by atoms with Crippen molar-refractivity contribution in [1.82, 2.24) is 4.72 Å². The third kappa shape index (κ3) is 3.67. The molecule has 0 bridgehead atoms. The highest BCUT2D eigenvalue weighted by molar-refractivity contribution is 7.89. The van der Waals surface area contributed by atoms with Crippen LogP contribution in [0.2, 0.25) is 0 Å². The quantitative estimate of drug-likeness (QED) is 0.864. The molecule has 5 nitrogen and oxygen atoms in total. The highest BCUT2D eigenvalue weighted by Gasteiger charge is 2.30. The van der Waals surface area contributed by atoms with Gasteiger partial charge in [0, 0.05) is 6.04 Å². The summed E-state index contributed by atoms with van der Waals surface area (Å²) < 4.78 is 32.5. The molecule has 0 amide bonds. The number of methoxy groups -OCH3 is 1. The molecule has 1 fully saturated rings. The maximum Gasteiger partial charge on any atom is 0.337 e. The first-order valence-electron chi connectivity index (χ1n) is 7.56. The number of benzene rings is 1. The van der Waals surface area contributed by atoms with Gasteiger partial charge in [0.25, 0.3) is 0 Å². The number of esters is 1. The van der Waals surface area contributed by atoms with Gasteiger partial charge in [-0.2, -0.15) is 0 Å². The zero-order valence-corrected chi connectivity index (χ0v) is 14.0. The molecule has 0 saturated heterocycles. The molecule has 1 N–H and O–H groups in total. The minimum Gasteiger partial charge on any atom is -0.465 e. The number of hydrogen-bond acceptors (Lipinski definition) is 4. The molecular formula is C16H23NO4S. The average Bonchev–Trinajstić information content (AvgIpc) is 2.51. The van der Waals surface area contributed by atoms with Gasteiger partial charge in [-0.1, -0.05) is 32.8 Å². The Morgan fingerprint density at radius 3 is 2.68 bits per heavy atom. The van der Waals surface area contributed by atoms with Gasteiger partial charge in [-0.15, -0.1) is 0 Å². The van der Waals surface area contributed by atoms with Crippen LogP contribution < -0.4 is 4.72 Å². The molecule has 1 saturated carbocycles. The molecule has 3 atom stereocenters. The summed E-state index contributed by atoms with van der Waals surface area (Å²) in [6.07, 6.45) is 3.01. The predicted molar refractivity (Wildman–Crippen MR) is 84.1 cm³/mol. The van der Waals surface area contributed by atoms with Gasteiger partial charge in [0.15, 0.2) is 0 Å². The fourth-order valence-electron chi connectivity index (χ4n) is 2.92. The van der Waals surface area contributed by atoms with Crippen LogP contribution in [0.3, 0.4) is 0 Å². The summed E-state index contributed by atoms with van der Waals surface area (Å²) in [6, 6.07) is 5.87. The van der Waals surface area contributed by atoms with Gasteiger partial charge in [-0.3, -0.25) is 0 Å². The van der Waals surface area contributed by atoms with E-state index in [1.807, 2.05) is 0 Å². The van der Waals surface area contributed by atoms with E-state index in [-0.39, 0.29) is 16.5 Å². The largest absolute Gasteiger partial charge is 0.465 e. The fourth-order valence-corrected chi connectivity index (χ4v) is 4.33. The van der Waals surface area contributed by atoms with Gasteiger partial charge < -0.3 is 4.74 Å². The van der Waals surface area contributed by atoms with Crippen LogP contribution in [0.5, 0.6) is 0 Å². The molecule has 22 heavy (non-hydrogen) atoms. The van der Waals surface area contributed by atoms with Gasteiger partial charge in [0.1, 0.15) is 0 Å². The van der Waals surface area contributed by atoms with Gasteiger partial charge in [-0.05, 0) is 36.5 Å². The van der Waals surface area contributed by atoms with Crippen LogP contribution in [0, 0.1) is 11.8 Å². The van der Waals surface area contributed by atoms with Crippen LogP contribution >= 0.6 is 0 Å². The molecule has 0 aromatic heterocycles. The predicted octanol–water partition coefficient (Wildman–Crippen LogP) is 2.58. The lowest BCUT2D eigenvalue weighted by Gasteiger charge is -2.34. The third-order valence-electron chi connectivity index (χ3n) is 4.58. The van der Waals surface area contributed by atoms with Crippen molar-refractivity contribution in [3.63, 3.8) is 0 Å². The molecule has 0 aliphatic heterocycles. The number of hydrogen-bond donors (Lipinski definition) is 1. The van der Waals surface area contributed by atoms with Gasteiger partial charge >= 0.3 is 5.97 Å². The minimum atomic E-state index is -3.64. The van der Waals surface area contributed by atoms with Gasteiger partial charge in [-0.25, -0.2) is 17.9 Å². The lowest BCUT2D eigenvalue weighted by molar-refractivity contribution is 0.0600. The van der Waals surface area contributed by atoms with Crippen molar-refractivity contribution in [2.75, 3.05) is 7.11 Å². The monoisotopic (exact) mass is 325 g/mol. The van der Waals surface area contributed by atoms with Crippen LogP contribution in [0.4, 0.5) is 0 Å². The number of carbonyl (C=O) groups excluding carboxylic acids is 1. The number of rotatable bonds is 4. The number of ether oxygens (including phenoxy) is 1. The van der Waals surface area contributed by atoms with E-state index >= 15 is 0 Å². The Bertz CT molecular complexity index is 641. The van der Waals surface area contributed by atoms with Crippen molar-refractivity contribution >= 4 is 16.0 Å². The molecule has 1 aromatic rings. The SMILES string of the molecule is COC(=O)c1cccc(S(=O)(=O)N[C@@H]2CCC[C@@H](C)[C@H]2C)c1. The van der Waals surface area contributed by atoms with Crippen LogP contribution in [0.25, 0.3) is 0 Å². The van der Waals surface area contributed by atoms with E-state index in [0.29, 0.717) is 11.8 Å². The summed E-state index contributed by atoms with van der Waals surface area (Å²) in [5.74, 6) is 0.256. The Morgan fingerprint density at radius 2 is 2.00 bits per heavy atom. The smallest absolute Gasteiger partial charge is 0.337 e. The van der Waals surface area contributed by atoms with Crippen molar-refractivity contribution in [3.8, 4) is 0 Å². The first-order valence-corrected chi connectivity index (χ1v) is 9.04. The summed E-state index contributed by atoms with van der Waals surface area (Å²) in [7, 11) is -2.37. The first kappa shape index (κ1) is 17.0. The highest BCUT2D eigenvalue weighted by atomic mass is 32.2. The van der Waals surface area contributed by atoms with Crippen molar-refractivity contribution < 1.29 is 17.9 Å². The summed E-state index contributed by atoms with van der Waals surface area (Å²) in [5, 5.41) is 0. The Labute approximate surface area is 132 Å². The minimum absolute atomic E-state index is 0.0597. The zero-order chi connectivity index (χ0) is 16.3. The number of sulfonamides is 1. The van der Waals surface area contributed by atoms with E-state index in [1.165, 1.54) is 25.3 Å². The Morgan fingerprint density at radius 1 is 1.27 bits per heavy atom. The molecular weight excluding hydrogens is 302 g/mol. The Balaban J connectivity index is 2.21. The second kappa shape index (κ2) is 6.79. The van der Waals surface area contributed by atoms with Gasteiger partial charge in [0.05, 0.1) is 17.6 Å². The van der Waals surface area contributed by atoms with Crippen molar-refractivity contribution in [1.29, 1.82) is 0 Å². The normalized spacial score (nSPS) is 25.7. The second-order valence-electron chi connectivity index (χ2n) is 6.01. The van der Waals surface area contributed by atoms with E-state index in [1.54, 1.807) is 6.07 Å². The van der Waals surface area contributed by atoms with Crippen molar-refractivity contribution in [2.24, 2.45) is 11.8 Å². The van der Waals surface area contributed by atoms with E-state index < -0.39 is 16.0 Å². The average molecular weight is 325 g/mol. The van der Waals surface area contributed by atoms with Crippen molar-refractivity contribution in [2.45, 2.75) is 44.0 Å². The second-order valence-corrected chi connectivity index (χ2v) is 7.73. The highest BCUT2D eigenvalue weighted by Crippen LogP contribution is 2.30. The summed E-state index contributed by atoms with van der Waals surface area (Å²) in [5.41, 5.74) is 0.232. The van der Waals surface area contributed by atoms with E-state index in [2.05, 4.69) is 23.3 Å². The molecule has 0 spiro atoms. The lowest BCUT2D eigenvalue weighted by atomic mass is 9.78. The van der Waals surface area contributed by atoms with Gasteiger partial charge in [0.2, 0.25) is 10.0 Å². The summed E-state index contributed by atoms with van der Waals surface area (Å²) >= 11 is 0. The molecule has 6 heteroatoms. The lowest BCUT2D eigenvalue weighted by Crippen LogP contribution is -2.43. The van der Waals surface area contributed by atoms with Crippen LogP contribution in [0.15, 0.2) is 29.2 Å². The molecule has 2 rings (SSSR count). The third-order valence-corrected chi connectivity index (χ3v) is 6.07. The molecule has 0 radical (unpaired) electrons. The molecule has 1 aliphatic rings. The maximum absolute atomic E-state index is 12.6. The van der Waals surface area contributed by atoms with Crippen molar-refractivity contribution in [3.05, 3.63) is 29.8 Å². The number of carbonyl (C=O) groups is 1. The van der Waals surface area contributed by atoms with Crippen LogP contribution in [-0.4, -0.2) is 27.5 Å². The number of nitrogens with one attached hydrogen (secondary N) is 1. The molecule has 1 aromatic carbocycles. The zero-order valence-electron chi connectivity index (χ0n) is 13.2.